The summed E-state index contributed by atoms with van der Waals surface area (Å²) in [5, 5.41) is 7.62. The van der Waals surface area contributed by atoms with E-state index in [-0.39, 0.29) is 0 Å². The predicted octanol–water partition coefficient (Wildman–Crippen LogP) is 0.0264. The molecule has 0 radical (unpaired) electrons. The molecule has 2 heterocycles. The molecule has 5 nitrogen and oxygen atoms in total. The van der Waals surface area contributed by atoms with Gasteiger partial charge in [0.1, 0.15) is 5.69 Å². The van der Waals surface area contributed by atoms with Crippen molar-refractivity contribution in [2.24, 2.45) is 0 Å². The second-order valence-corrected chi connectivity index (χ2v) is 2.50. The summed E-state index contributed by atoms with van der Waals surface area (Å²) in [6.07, 6.45) is 1.60. The van der Waals surface area contributed by atoms with Gasteiger partial charge in [0, 0.05) is 6.07 Å². The highest BCUT2D eigenvalue weighted by molar-refractivity contribution is 7.93. The molecule has 1 aromatic heterocycles. The van der Waals surface area contributed by atoms with Crippen molar-refractivity contribution < 1.29 is 4.18 Å². The zero-order valence-electron chi connectivity index (χ0n) is 5.57. The van der Waals surface area contributed by atoms with Crippen LogP contribution in [0.4, 0.5) is 0 Å². The SMILES string of the molecule is c1cc2c(nn1)CNNSO2. The largest absolute Gasteiger partial charge is 0.407 e. The zero-order chi connectivity index (χ0) is 7.52. The van der Waals surface area contributed by atoms with Crippen molar-refractivity contribution in [2.45, 2.75) is 6.54 Å². The third kappa shape index (κ3) is 1.42. The van der Waals surface area contributed by atoms with Crippen LogP contribution in [0.2, 0.25) is 0 Å². The van der Waals surface area contributed by atoms with E-state index < -0.39 is 0 Å². The average molecular weight is 170 g/mol. The van der Waals surface area contributed by atoms with Crippen molar-refractivity contribution in [1.82, 2.24) is 20.5 Å². The Morgan fingerprint density at radius 2 is 2.64 bits per heavy atom. The first kappa shape index (κ1) is 6.84. The van der Waals surface area contributed by atoms with E-state index in [0.717, 1.165) is 23.7 Å². The molecular weight excluding hydrogens is 164 g/mol. The van der Waals surface area contributed by atoms with Gasteiger partial charge >= 0.3 is 0 Å². The summed E-state index contributed by atoms with van der Waals surface area (Å²) in [5.74, 6) is 0.752. The van der Waals surface area contributed by atoms with Gasteiger partial charge in [-0.2, -0.15) is 15.0 Å². The summed E-state index contributed by atoms with van der Waals surface area (Å²) in [4.78, 5) is 2.77. The highest BCUT2D eigenvalue weighted by atomic mass is 32.2. The summed E-state index contributed by atoms with van der Waals surface area (Å²) in [6.45, 7) is 0.621. The monoisotopic (exact) mass is 170 g/mol. The third-order valence-corrected chi connectivity index (χ3v) is 1.75. The maximum Gasteiger partial charge on any atom is 0.165 e. The first-order valence-corrected chi connectivity index (χ1v) is 3.83. The smallest absolute Gasteiger partial charge is 0.165 e. The molecule has 0 saturated heterocycles. The minimum Gasteiger partial charge on any atom is -0.407 e. The van der Waals surface area contributed by atoms with E-state index in [0.29, 0.717) is 6.54 Å². The molecule has 0 spiro atoms. The van der Waals surface area contributed by atoms with Crippen molar-refractivity contribution in [3.8, 4) is 5.75 Å². The standard InChI is InChI=1S/C5H6N4OS/c1-2-6-8-4-3-7-9-11-10-5(1)4/h1-2,7,9H,3H2. The van der Waals surface area contributed by atoms with Crippen LogP contribution in [0.25, 0.3) is 0 Å². The lowest BCUT2D eigenvalue weighted by Gasteiger charge is -1.98. The molecule has 11 heavy (non-hydrogen) atoms. The Hall–Kier alpha value is -0.850. The Morgan fingerprint density at radius 1 is 1.64 bits per heavy atom. The molecule has 0 aromatic carbocycles. The van der Waals surface area contributed by atoms with Gasteiger partial charge in [0.25, 0.3) is 0 Å². The molecule has 0 aliphatic carbocycles. The lowest BCUT2D eigenvalue weighted by molar-refractivity contribution is 0.628. The van der Waals surface area contributed by atoms with Crippen LogP contribution < -0.4 is 14.4 Å². The summed E-state index contributed by atoms with van der Waals surface area (Å²) in [6, 6.07) is 1.78. The fourth-order valence-corrected chi connectivity index (χ4v) is 1.18. The van der Waals surface area contributed by atoms with Gasteiger partial charge in [0.2, 0.25) is 0 Å². The quantitative estimate of drug-likeness (QED) is 0.423. The number of nitrogens with one attached hydrogen (secondary N) is 2. The number of hydrogen-bond acceptors (Lipinski definition) is 6. The van der Waals surface area contributed by atoms with Crippen LogP contribution in [0.15, 0.2) is 12.3 Å². The van der Waals surface area contributed by atoms with Crippen LogP contribution in [-0.2, 0) is 6.54 Å². The summed E-state index contributed by atoms with van der Waals surface area (Å²) in [5.41, 5.74) is 3.70. The van der Waals surface area contributed by atoms with Gasteiger partial charge in [-0.3, -0.25) is 0 Å². The summed E-state index contributed by atoms with van der Waals surface area (Å²) < 4.78 is 5.19. The maximum absolute atomic E-state index is 5.19. The van der Waals surface area contributed by atoms with Crippen LogP contribution in [-0.4, -0.2) is 10.2 Å². The van der Waals surface area contributed by atoms with Gasteiger partial charge in [-0.25, -0.2) is 5.43 Å². The molecule has 0 atom stereocenters. The van der Waals surface area contributed by atoms with Crippen molar-refractivity contribution in [2.75, 3.05) is 0 Å². The van der Waals surface area contributed by atoms with E-state index in [1.165, 1.54) is 0 Å². The van der Waals surface area contributed by atoms with Gasteiger partial charge in [-0.15, -0.1) is 0 Å². The highest BCUT2D eigenvalue weighted by Crippen LogP contribution is 2.19. The van der Waals surface area contributed by atoms with Gasteiger partial charge in [-0.1, -0.05) is 0 Å². The first-order chi connectivity index (χ1) is 5.47. The topological polar surface area (TPSA) is 59.1 Å². The Bertz CT molecular complexity index is 231. The minimum absolute atomic E-state index is 0.621. The fourth-order valence-electron chi connectivity index (χ4n) is 0.763. The Kier molecular flexibility index (Phi) is 1.89. The number of fused-ring (bicyclic) bond motifs is 1. The van der Waals surface area contributed by atoms with E-state index in [1.54, 1.807) is 12.3 Å². The molecule has 0 unspecified atom stereocenters. The van der Waals surface area contributed by atoms with Crippen molar-refractivity contribution in [3.05, 3.63) is 18.0 Å². The molecule has 0 bridgehead atoms. The second-order valence-electron chi connectivity index (χ2n) is 1.96. The zero-order valence-corrected chi connectivity index (χ0v) is 6.39. The van der Waals surface area contributed by atoms with Crippen LogP contribution in [0.5, 0.6) is 5.75 Å². The molecule has 2 N–H and O–H groups in total. The average Bonchev–Trinajstić information content (AvgIpc) is 2.28. The molecule has 58 valence electrons. The molecule has 1 aliphatic heterocycles. The van der Waals surface area contributed by atoms with Crippen LogP contribution in [0.3, 0.4) is 0 Å². The van der Waals surface area contributed by atoms with Crippen LogP contribution in [0.1, 0.15) is 5.69 Å². The number of hydrazine groups is 1. The predicted molar refractivity (Wildman–Crippen MR) is 40.2 cm³/mol. The first-order valence-electron chi connectivity index (χ1n) is 3.09. The number of nitrogens with zero attached hydrogens (tertiary/aromatic N) is 2. The Balaban J connectivity index is 2.33. The summed E-state index contributed by atoms with van der Waals surface area (Å²) >= 11 is 1.13. The molecule has 0 saturated carbocycles. The highest BCUT2D eigenvalue weighted by Gasteiger charge is 2.08. The molecule has 0 fully saturated rings. The minimum atomic E-state index is 0.621. The van der Waals surface area contributed by atoms with Crippen LogP contribution >= 0.6 is 12.2 Å². The number of rotatable bonds is 0. The van der Waals surface area contributed by atoms with Gasteiger partial charge < -0.3 is 4.18 Å². The fraction of sp³-hybridized carbons (Fsp3) is 0.200. The second kappa shape index (κ2) is 3.04. The molecule has 1 aliphatic rings. The number of hydrogen-bond donors (Lipinski definition) is 2. The van der Waals surface area contributed by atoms with E-state index >= 15 is 0 Å². The molecule has 6 heteroatoms. The van der Waals surface area contributed by atoms with E-state index in [2.05, 4.69) is 20.5 Å². The van der Waals surface area contributed by atoms with Crippen molar-refractivity contribution in [1.29, 1.82) is 0 Å². The molecule has 2 rings (SSSR count). The van der Waals surface area contributed by atoms with Gasteiger partial charge in [-0.05, 0) is 0 Å². The Morgan fingerprint density at radius 3 is 3.64 bits per heavy atom. The summed E-state index contributed by atoms with van der Waals surface area (Å²) in [7, 11) is 0. The van der Waals surface area contributed by atoms with Gasteiger partial charge in [0.15, 0.2) is 18.0 Å². The van der Waals surface area contributed by atoms with Gasteiger partial charge in [0.05, 0.1) is 12.7 Å². The van der Waals surface area contributed by atoms with Crippen molar-refractivity contribution in [3.63, 3.8) is 0 Å². The molecular formula is C5H6N4OS. The number of aromatic nitrogens is 2. The van der Waals surface area contributed by atoms with E-state index in [4.69, 9.17) is 4.18 Å². The molecule has 0 amide bonds. The molecule has 1 aromatic rings. The van der Waals surface area contributed by atoms with E-state index in [1.807, 2.05) is 0 Å². The maximum atomic E-state index is 5.19. The Labute approximate surface area is 67.8 Å². The van der Waals surface area contributed by atoms with Crippen LogP contribution in [0, 0.1) is 0 Å². The van der Waals surface area contributed by atoms with E-state index in [9.17, 15) is 0 Å². The third-order valence-electron chi connectivity index (χ3n) is 1.26. The van der Waals surface area contributed by atoms with Crippen molar-refractivity contribution >= 4 is 12.2 Å². The normalized spacial score (nSPS) is 16.4. The lowest BCUT2D eigenvalue weighted by atomic mass is 10.3. The lowest BCUT2D eigenvalue weighted by Crippen LogP contribution is -2.23.